The van der Waals surface area contributed by atoms with E-state index in [0.717, 1.165) is 6.04 Å². The molecule has 13 heavy (non-hydrogen) atoms. The molecule has 76 valence electrons. The number of hydrogen-bond donors (Lipinski definition) is 1. The number of aliphatic hydroxyl groups excluding tert-OH is 1. The van der Waals surface area contributed by atoms with Crippen molar-refractivity contribution in [1.82, 2.24) is 4.90 Å². The fraction of sp³-hybridized carbons (Fsp3) is 1.00. The molecule has 2 nitrogen and oxygen atoms in total. The van der Waals surface area contributed by atoms with Crippen molar-refractivity contribution in [2.75, 3.05) is 24.7 Å². The largest absolute Gasteiger partial charge is 0.395 e. The van der Waals surface area contributed by atoms with Crippen LogP contribution in [0.1, 0.15) is 25.7 Å². The summed E-state index contributed by atoms with van der Waals surface area (Å²) in [5.74, 6) is 2.64. The Morgan fingerprint density at radius 2 is 2.00 bits per heavy atom. The van der Waals surface area contributed by atoms with E-state index >= 15 is 0 Å². The smallest absolute Gasteiger partial charge is 0.0586 e. The molecule has 0 aromatic heterocycles. The Hall–Kier alpha value is 0.270. The van der Waals surface area contributed by atoms with Crippen molar-refractivity contribution in [3.63, 3.8) is 0 Å². The van der Waals surface area contributed by atoms with E-state index in [9.17, 15) is 5.11 Å². The van der Waals surface area contributed by atoms with E-state index in [2.05, 4.69) is 16.7 Å². The molecule has 1 atom stereocenters. The predicted molar refractivity (Wildman–Crippen MR) is 57.2 cm³/mol. The molecule has 0 aliphatic carbocycles. The van der Waals surface area contributed by atoms with Gasteiger partial charge in [-0.1, -0.05) is 0 Å². The SMILES string of the molecule is OCC1CCCN1C1CCSCC1. The molecule has 2 saturated heterocycles. The zero-order valence-corrected chi connectivity index (χ0v) is 8.93. The molecule has 2 aliphatic rings. The second kappa shape index (κ2) is 4.67. The van der Waals surface area contributed by atoms with Gasteiger partial charge in [0.05, 0.1) is 6.61 Å². The van der Waals surface area contributed by atoms with Crippen LogP contribution in [0.15, 0.2) is 0 Å². The number of nitrogens with zero attached hydrogens (tertiary/aromatic N) is 1. The van der Waals surface area contributed by atoms with Crippen LogP contribution in [-0.4, -0.2) is 46.7 Å². The van der Waals surface area contributed by atoms with E-state index in [-0.39, 0.29) is 0 Å². The van der Waals surface area contributed by atoms with Gasteiger partial charge in [-0.3, -0.25) is 4.90 Å². The number of thioether (sulfide) groups is 1. The van der Waals surface area contributed by atoms with Crippen LogP contribution in [0, 0.1) is 0 Å². The summed E-state index contributed by atoms with van der Waals surface area (Å²) in [6, 6.07) is 1.26. The molecule has 2 fully saturated rings. The van der Waals surface area contributed by atoms with Gasteiger partial charge in [0.15, 0.2) is 0 Å². The first kappa shape index (κ1) is 9.81. The molecule has 0 amide bonds. The molecular formula is C10H19NOS. The number of hydrogen-bond acceptors (Lipinski definition) is 3. The zero-order chi connectivity index (χ0) is 9.10. The average molecular weight is 201 g/mol. The molecule has 2 rings (SSSR count). The van der Waals surface area contributed by atoms with Crippen LogP contribution in [0.25, 0.3) is 0 Å². The first-order chi connectivity index (χ1) is 6.42. The van der Waals surface area contributed by atoms with Crippen LogP contribution in [0.2, 0.25) is 0 Å². The summed E-state index contributed by atoms with van der Waals surface area (Å²) >= 11 is 2.08. The Bertz CT molecular complexity index is 159. The van der Waals surface area contributed by atoms with Gasteiger partial charge in [0, 0.05) is 12.1 Å². The normalized spacial score (nSPS) is 32.5. The van der Waals surface area contributed by atoms with E-state index in [1.807, 2.05) is 0 Å². The first-order valence-corrected chi connectivity index (χ1v) is 6.51. The van der Waals surface area contributed by atoms with Crippen molar-refractivity contribution >= 4 is 11.8 Å². The minimum atomic E-state index is 0.365. The maximum atomic E-state index is 9.22. The molecule has 0 saturated carbocycles. The molecule has 2 aliphatic heterocycles. The van der Waals surface area contributed by atoms with E-state index in [4.69, 9.17) is 0 Å². The van der Waals surface area contributed by atoms with Gasteiger partial charge >= 0.3 is 0 Å². The van der Waals surface area contributed by atoms with Crippen molar-refractivity contribution in [1.29, 1.82) is 0 Å². The molecule has 1 N–H and O–H groups in total. The Morgan fingerprint density at radius 3 is 2.69 bits per heavy atom. The second-order valence-corrected chi connectivity index (χ2v) is 5.28. The lowest BCUT2D eigenvalue weighted by molar-refractivity contribution is 0.114. The van der Waals surface area contributed by atoms with E-state index < -0.39 is 0 Å². The van der Waals surface area contributed by atoms with Gasteiger partial charge in [-0.15, -0.1) is 0 Å². The quantitative estimate of drug-likeness (QED) is 0.729. The molecule has 0 bridgehead atoms. The van der Waals surface area contributed by atoms with Crippen LogP contribution in [0.5, 0.6) is 0 Å². The van der Waals surface area contributed by atoms with Gasteiger partial charge in [0.25, 0.3) is 0 Å². The highest BCUT2D eigenvalue weighted by molar-refractivity contribution is 7.99. The lowest BCUT2D eigenvalue weighted by Gasteiger charge is -2.34. The Kier molecular flexibility index (Phi) is 3.52. The van der Waals surface area contributed by atoms with Crippen LogP contribution in [0.3, 0.4) is 0 Å². The highest BCUT2D eigenvalue weighted by atomic mass is 32.2. The molecule has 3 heteroatoms. The van der Waals surface area contributed by atoms with E-state index in [0.29, 0.717) is 12.6 Å². The Labute approximate surface area is 84.7 Å². The molecule has 2 heterocycles. The zero-order valence-electron chi connectivity index (χ0n) is 8.11. The lowest BCUT2D eigenvalue weighted by atomic mass is 10.1. The third kappa shape index (κ3) is 2.20. The number of rotatable bonds is 2. The van der Waals surface area contributed by atoms with Crippen molar-refractivity contribution < 1.29 is 5.11 Å². The van der Waals surface area contributed by atoms with E-state index in [1.165, 1.54) is 43.7 Å². The van der Waals surface area contributed by atoms with E-state index in [1.54, 1.807) is 0 Å². The van der Waals surface area contributed by atoms with Gasteiger partial charge in [0.1, 0.15) is 0 Å². The van der Waals surface area contributed by atoms with Crippen LogP contribution < -0.4 is 0 Å². The van der Waals surface area contributed by atoms with Crippen LogP contribution >= 0.6 is 11.8 Å². The Morgan fingerprint density at radius 1 is 1.23 bits per heavy atom. The maximum Gasteiger partial charge on any atom is 0.0586 e. The summed E-state index contributed by atoms with van der Waals surface area (Å²) in [6.07, 6.45) is 5.16. The standard InChI is InChI=1S/C10H19NOS/c12-8-10-2-1-5-11(10)9-3-6-13-7-4-9/h9-10,12H,1-8H2. The molecule has 0 aromatic carbocycles. The molecule has 0 aromatic rings. The van der Waals surface area contributed by atoms with Gasteiger partial charge < -0.3 is 5.11 Å². The third-order valence-corrected chi connectivity index (χ3v) is 4.34. The minimum absolute atomic E-state index is 0.365. The molecule has 0 radical (unpaired) electrons. The van der Waals surface area contributed by atoms with Crippen molar-refractivity contribution in [2.24, 2.45) is 0 Å². The highest BCUT2D eigenvalue weighted by Gasteiger charge is 2.30. The molecule has 1 unspecified atom stereocenters. The average Bonchev–Trinajstić information content (AvgIpc) is 2.67. The second-order valence-electron chi connectivity index (χ2n) is 4.06. The van der Waals surface area contributed by atoms with Crippen molar-refractivity contribution in [2.45, 2.75) is 37.8 Å². The van der Waals surface area contributed by atoms with Gasteiger partial charge in [-0.05, 0) is 43.7 Å². The summed E-state index contributed by atoms with van der Waals surface area (Å²) < 4.78 is 0. The van der Waals surface area contributed by atoms with Crippen LogP contribution in [0.4, 0.5) is 0 Å². The fourth-order valence-electron chi connectivity index (χ4n) is 2.55. The molecular weight excluding hydrogens is 182 g/mol. The fourth-order valence-corrected chi connectivity index (χ4v) is 3.63. The van der Waals surface area contributed by atoms with Crippen LogP contribution in [-0.2, 0) is 0 Å². The third-order valence-electron chi connectivity index (χ3n) is 3.29. The van der Waals surface area contributed by atoms with Gasteiger partial charge in [-0.25, -0.2) is 0 Å². The number of likely N-dealkylation sites (tertiary alicyclic amines) is 1. The summed E-state index contributed by atoms with van der Waals surface area (Å²) in [7, 11) is 0. The monoisotopic (exact) mass is 201 g/mol. The topological polar surface area (TPSA) is 23.5 Å². The summed E-state index contributed by atoms with van der Waals surface area (Å²) in [4.78, 5) is 2.56. The first-order valence-electron chi connectivity index (χ1n) is 5.36. The van der Waals surface area contributed by atoms with Crippen molar-refractivity contribution in [3.8, 4) is 0 Å². The highest BCUT2D eigenvalue weighted by Crippen LogP contribution is 2.27. The molecule has 0 spiro atoms. The maximum absolute atomic E-state index is 9.22. The summed E-state index contributed by atoms with van der Waals surface area (Å²) in [5, 5.41) is 9.22. The summed E-state index contributed by atoms with van der Waals surface area (Å²) in [6.45, 7) is 1.59. The predicted octanol–water partition coefficient (Wildman–Crippen LogP) is 1.34. The van der Waals surface area contributed by atoms with Gasteiger partial charge in [0.2, 0.25) is 0 Å². The van der Waals surface area contributed by atoms with Gasteiger partial charge in [-0.2, -0.15) is 11.8 Å². The summed E-state index contributed by atoms with van der Waals surface area (Å²) in [5.41, 5.74) is 0. The minimum Gasteiger partial charge on any atom is -0.395 e. The van der Waals surface area contributed by atoms with Crippen molar-refractivity contribution in [3.05, 3.63) is 0 Å². The lowest BCUT2D eigenvalue weighted by Crippen LogP contribution is -2.42. The Balaban J connectivity index is 1.90. The number of aliphatic hydroxyl groups is 1.